The molecular formula is C26H28N8O3S. The third-order valence-electron chi connectivity index (χ3n) is 6.74. The Morgan fingerprint density at radius 1 is 1.05 bits per heavy atom. The highest BCUT2D eigenvalue weighted by atomic mass is 32.1. The largest absolute Gasteiger partial charge is 0.481 e. The number of rotatable bonds is 6. The number of carbonyl (C=O) groups is 2. The van der Waals surface area contributed by atoms with Crippen molar-refractivity contribution < 1.29 is 14.7 Å². The molecule has 0 radical (unpaired) electrons. The highest BCUT2D eigenvalue weighted by molar-refractivity contribution is 7.22. The van der Waals surface area contributed by atoms with Crippen LogP contribution in [0.5, 0.6) is 0 Å². The molecule has 0 saturated carbocycles. The number of aromatic nitrogens is 5. The quantitative estimate of drug-likeness (QED) is 0.330. The van der Waals surface area contributed by atoms with E-state index in [4.69, 9.17) is 0 Å². The number of nitrogens with zero attached hydrogens (tertiary/aromatic N) is 6. The summed E-state index contributed by atoms with van der Waals surface area (Å²) in [6.45, 7) is 7.21. The molecule has 0 atom stereocenters. The highest BCUT2D eigenvalue weighted by Gasteiger charge is 2.37. The van der Waals surface area contributed by atoms with Crippen LogP contribution in [0.4, 0.5) is 15.9 Å². The van der Waals surface area contributed by atoms with Gasteiger partial charge in [0.1, 0.15) is 0 Å². The van der Waals surface area contributed by atoms with E-state index in [0.717, 1.165) is 27.1 Å². The molecule has 3 N–H and O–H groups in total. The molecule has 0 spiro atoms. The third kappa shape index (κ3) is 5.12. The molecule has 5 rings (SSSR count). The van der Waals surface area contributed by atoms with Crippen molar-refractivity contribution in [2.24, 2.45) is 5.41 Å². The van der Waals surface area contributed by atoms with Crippen LogP contribution in [0.25, 0.3) is 32.6 Å². The smallest absolute Gasteiger partial charge is 0.321 e. The minimum absolute atomic E-state index is 0.311. The van der Waals surface area contributed by atoms with Crippen molar-refractivity contribution in [1.82, 2.24) is 30.2 Å². The average molecular weight is 533 g/mol. The maximum Gasteiger partial charge on any atom is 0.321 e. The van der Waals surface area contributed by atoms with Gasteiger partial charge in [0.15, 0.2) is 5.13 Å². The number of aryl methyl sites for hydroxylation is 1. The number of fused-ring (bicyclic) bond motifs is 1. The molecule has 1 saturated heterocycles. The van der Waals surface area contributed by atoms with Crippen molar-refractivity contribution in [2.45, 2.75) is 33.6 Å². The number of benzene rings is 1. The van der Waals surface area contributed by atoms with Gasteiger partial charge in [0.25, 0.3) is 0 Å². The van der Waals surface area contributed by atoms with Crippen molar-refractivity contribution in [2.75, 3.05) is 29.9 Å². The highest BCUT2D eigenvalue weighted by Crippen LogP contribution is 2.38. The maximum absolute atomic E-state index is 12.1. The zero-order valence-electron chi connectivity index (χ0n) is 21.4. The fraction of sp³-hybridized carbons (Fsp3) is 0.346. The molecule has 4 aromatic rings. The van der Waals surface area contributed by atoms with Crippen molar-refractivity contribution in [1.29, 1.82) is 0 Å². The monoisotopic (exact) mass is 532 g/mol. The van der Waals surface area contributed by atoms with E-state index in [1.165, 1.54) is 11.3 Å². The standard InChI is InChI=1S/C26H28N8O3S/c1-4-27-24(37)33-25-32-19-10-16(9-18(21(19)38-25)20-14-28-15(2)11-29-20)17-12-30-23(31-13-17)34-7-5-26(3,6-8-34)22(35)36/h9-14H,4-8H2,1-3H3,(H,35,36)(H2,27,32,33,37). The number of piperidine rings is 1. The molecule has 1 aromatic carbocycles. The second kappa shape index (κ2) is 10.3. The van der Waals surface area contributed by atoms with Gasteiger partial charge in [-0.05, 0) is 51.3 Å². The second-order valence-corrected chi connectivity index (χ2v) is 10.5. The topological polar surface area (TPSA) is 146 Å². The number of carboxylic acids is 1. The summed E-state index contributed by atoms with van der Waals surface area (Å²) in [7, 11) is 0. The lowest BCUT2D eigenvalue weighted by molar-refractivity contribution is -0.149. The first kappa shape index (κ1) is 25.5. The third-order valence-corrected chi connectivity index (χ3v) is 7.76. The number of amides is 2. The van der Waals surface area contributed by atoms with Crippen LogP contribution in [-0.4, -0.2) is 61.7 Å². The van der Waals surface area contributed by atoms with Crippen LogP contribution >= 0.6 is 11.3 Å². The number of hydrogen-bond donors (Lipinski definition) is 3. The molecular weight excluding hydrogens is 504 g/mol. The molecule has 12 heteroatoms. The summed E-state index contributed by atoms with van der Waals surface area (Å²) in [5.41, 5.74) is 4.02. The fourth-order valence-electron chi connectivity index (χ4n) is 4.32. The number of urea groups is 1. The number of hydrogen-bond acceptors (Lipinski definition) is 9. The molecule has 0 unspecified atom stereocenters. The minimum Gasteiger partial charge on any atom is -0.481 e. The lowest BCUT2D eigenvalue weighted by Gasteiger charge is -2.36. The molecule has 3 aromatic heterocycles. The fourth-order valence-corrected chi connectivity index (χ4v) is 5.29. The van der Waals surface area contributed by atoms with Crippen LogP contribution in [0.2, 0.25) is 0 Å². The molecule has 1 fully saturated rings. The number of anilines is 2. The van der Waals surface area contributed by atoms with Crippen LogP contribution in [0.3, 0.4) is 0 Å². The van der Waals surface area contributed by atoms with Gasteiger partial charge in [0.05, 0.1) is 33.2 Å². The van der Waals surface area contributed by atoms with Crippen molar-refractivity contribution in [3.8, 4) is 22.4 Å². The van der Waals surface area contributed by atoms with Crippen molar-refractivity contribution in [3.05, 3.63) is 42.6 Å². The first-order valence-corrected chi connectivity index (χ1v) is 13.2. The Bertz CT molecular complexity index is 1480. The van der Waals surface area contributed by atoms with E-state index in [1.54, 1.807) is 31.7 Å². The zero-order chi connectivity index (χ0) is 26.9. The summed E-state index contributed by atoms with van der Waals surface area (Å²) in [4.78, 5) is 48.4. The Morgan fingerprint density at radius 2 is 1.79 bits per heavy atom. The second-order valence-electron chi connectivity index (χ2n) is 9.54. The number of thiazole rings is 1. The first-order valence-electron chi connectivity index (χ1n) is 12.3. The number of nitrogens with one attached hydrogen (secondary N) is 2. The van der Waals surface area contributed by atoms with Gasteiger partial charge in [-0.15, -0.1) is 0 Å². The molecule has 1 aliphatic heterocycles. The lowest BCUT2D eigenvalue weighted by Crippen LogP contribution is -2.43. The molecule has 2 amide bonds. The van der Waals surface area contributed by atoms with E-state index in [2.05, 4.69) is 35.6 Å². The van der Waals surface area contributed by atoms with Crippen LogP contribution in [-0.2, 0) is 4.79 Å². The molecule has 1 aliphatic rings. The van der Waals surface area contributed by atoms with Crippen LogP contribution in [0.1, 0.15) is 32.4 Å². The van der Waals surface area contributed by atoms with E-state index in [0.29, 0.717) is 54.8 Å². The van der Waals surface area contributed by atoms with E-state index in [-0.39, 0.29) is 6.03 Å². The first-order chi connectivity index (χ1) is 18.3. The van der Waals surface area contributed by atoms with Crippen LogP contribution in [0.15, 0.2) is 36.9 Å². The van der Waals surface area contributed by atoms with E-state index >= 15 is 0 Å². The lowest BCUT2D eigenvalue weighted by atomic mass is 9.80. The predicted molar refractivity (Wildman–Crippen MR) is 146 cm³/mol. The summed E-state index contributed by atoms with van der Waals surface area (Å²) in [6, 6.07) is 3.64. The summed E-state index contributed by atoms with van der Waals surface area (Å²) >= 11 is 1.37. The van der Waals surface area contributed by atoms with Gasteiger partial charge in [0.2, 0.25) is 5.95 Å². The van der Waals surface area contributed by atoms with Gasteiger partial charge in [-0.2, -0.15) is 0 Å². The Labute approximate surface area is 223 Å². The molecule has 0 bridgehead atoms. The Balaban J connectivity index is 1.47. The summed E-state index contributed by atoms with van der Waals surface area (Å²) in [6.07, 6.45) is 8.06. The van der Waals surface area contributed by atoms with E-state index in [1.807, 2.05) is 30.9 Å². The molecule has 196 valence electrons. The van der Waals surface area contributed by atoms with Gasteiger partial charge in [-0.3, -0.25) is 20.1 Å². The molecule has 11 nitrogen and oxygen atoms in total. The van der Waals surface area contributed by atoms with Crippen LogP contribution in [0, 0.1) is 12.3 Å². The number of aliphatic carboxylic acids is 1. The summed E-state index contributed by atoms with van der Waals surface area (Å²) in [5.74, 6) is -0.182. The van der Waals surface area contributed by atoms with Gasteiger partial charge in [-0.25, -0.2) is 19.7 Å². The predicted octanol–water partition coefficient (Wildman–Crippen LogP) is 4.35. The van der Waals surface area contributed by atoms with Gasteiger partial charge < -0.3 is 15.3 Å². The molecule has 38 heavy (non-hydrogen) atoms. The Kier molecular flexibility index (Phi) is 6.89. The Hall–Kier alpha value is -4.19. The number of carbonyl (C=O) groups excluding carboxylic acids is 1. The van der Waals surface area contributed by atoms with Crippen molar-refractivity contribution >= 4 is 44.6 Å². The van der Waals surface area contributed by atoms with Crippen molar-refractivity contribution in [3.63, 3.8) is 0 Å². The SMILES string of the molecule is CCNC(=O)Nc1nc2cc(-c3cnc(N4CCC(C)(C(=O)O)CC4)nc3)cc(-c3cnc(C)cn3)c2s1. The Morgan fingerprint density at radius 3 is 2.42 bits per heavy atom. The van der Waals surface area contributed by atoms with Gasteiger partial charge in [0, 0.05) is 49.4 Å². The van der Waals surface area contributed by atoms with E-state index < -0.39 is 11.4 Å². The maximum atomic E-state index is 12.1. The summed E-state index contributed by atoms with van der Waals surface area (Å²) < 4.78 is 0.881. The van der Waals surface area contributed by atoms with Gasteiger partial charge in [-0.1, -0.05) is 11.3 Å². The minimum atomic E-state index is -0.760. The zero-order valence-corrected chi connectivity index (χ0v) is 22.2. The van der Waals surface area contributed by atoms with Crippen LogP contribution < -0.4 is 15.5 Å². The molecule has 0 aliphatic carbocycles. The normalized spacial score (nSPS) is 14.9. The average Bonchev–Trinajstić information content (AvgIpc) is 3.31. The number of carboxylic acid groups (broad SMARTS) is 1. The van der Waals surface area contributed by atoms with Gasteiger partial charge >= 0.3 is 12.0 Å². The molecule has 4 heterocycles. The van der Waals surface area contributed by atoms with E-state index in [9.17, 15) is 14.7 Å². The summed E-state index contributed by atoms with van der Waals surface area (Å²) in [5, 5.41) is 15.5.